The van der Waals surface area contributed by atoms with Crippen LogP contribution in [-0.4, -0.2) is 39.1 Å². The number of halogens is 3. The zero-order valence-electron chi connectivity index (χ0n) is 23.2. The predicted octanol–water partition coefficient (Wildman–Crippen LogP) is 7.86. The Morgan fingerprint density at radius 3 is 2.34 bits per heavy atom. The van der Waals surface area contributed by atoms with Crippen LogP contribution in [0, 0.1) is 6.92 Å². The number of rotatable bonds is 7. The molecule has 6 nitrogen and oxygen atoms in total. The Hall–Kier alpha value is -3.98. The van der Waals surface area contributed by atoms with E-state index in [0.717, 1.165) is 47.9 Å². The minimum atomic E-state index is -4.94. The van der Waals surface area contributed by atoms with E-state index in [-0.39, 0.29) is 17.9 Å². The average Bonchev–Trinajstić information content (AvgIpc) is 3.39. The fourth-order valence-electron chi connectivity index (χ4n) is 5.74. The summed E-state index contributed by atoms with van der Waals surface area (Å²) in [6, 6.07) is 19.1. The van der Waals surface area contributed by atoms with E-state index in [2.05, 4.69) is 34.3 Å². The number of carboxylic acids is 1. The molecule has 0 saturated heterocycles. The van der Waals surface area contributed by atoms with E-state index >= 15 is 0 Å². The number of methoxy groups -OCH3 is 1. The van der Waals surface area contributed by atoms with Gasteiger partial charge in [0, 0.05) is 12.7 Å². The highest BCUT2D eigenvalue weighted by Gasteiger charge is 2.42. The molecule has 0 amide bonds. The van der Waals surface area contributed by atoms with Crippen LogP contribution in [0.5, 0.6) is 0 Å². The lowest BCUT2D eigenvalue weighted by molar-refractivity contribution is -0.143. The summed E-state index contributed by atoms with van der Waals surface area (Å²) in [5.41, 5.74) is 3.01. The van der Waals surface area contributed by atoms with Crippen LogP contribution >= 0.6 is 0 Å². The van der Waals surface area contributed by atoms with Gasteiger partial charge in [0.05, 0.1) is 17.5 Å². The molecule has 0 bridgehead atoms. The summed E-state index contributed by atoms with van der Waals surface area (Å²) < 4.78 is 48.5. The number of ether oxygens (including phenoxy) is 1. The lowest BCUT2D eigenvalue weighted by atomic mass is 9.82. The van der Waals surface area contributed by atoms with Crippen molar-refractivity contribution >= 4 is 5.97 Å². The van der Waals surface area contributed by atoms with Gasteiger partial charge in [-0.05, 0) is 79.8 Å². The Labute approximate surface area is 236 Å². The van der Waals surface area contributed by atoms with Crippen molar-refractivity contribution in [2.75, 3.05) is 7.11 Å². The maximum Gasteiger partial charge on any atom is 0.434 e. The van der Waals surface area contributed by atoms with Gasteiger partial charge >= 0.3 is 12.1 Å². The fraction of sp³-hybridized carbons (Fsp3) is 0.344. The number of benzene rings is 2. The molecule has 41 heavy (non-hydrogen) atoms. The number of pyridine rings is 1. The number of alkyl halides is 3. The molecule has 4 aromatic rings. The van der Waals surface area contributed by atoms with Crippen LogP contribution in [0.4, 0.5) is 13.2 Å². The number of hydrogen-bond acceptors (Lipinski definition) is 4. The molecule has 0 aliphatic heterocycles. The van der Waals surface area contributed by atoms with Gasteiger partial charge in [0.2, 0.25) is 0 Å². The van der Waals surface area contributed by atoms with Gasteiger partial charge in [0.25, 0.3) is 0 Å². The van der Waals surface area contributed by atoms with Crippen LogP contribution in [0.25, 0.3) is 28.2 Å². The molecular formula is C32H32F3N3O3. The largest absolute Gasteiger partial charge is 0.478 e. The van der Waals surface area contributed by atoms with E-state index in [1.807, 2.05) is 25.1 Å². The van der Waals surface area contributed by atoms with Crippen molar-refractivity contribution in [1.82, 2.24) is 14.8 Å². The SMILES string of the molecule is CCc1nn(-c2cccc(-c3cc(C)ccc3-c3ccc([C@H]4CC[C@H](OC)CC4)cc3)n2)c(C(F)(F)F)c1C(=O)O. The molecular weight excluding hydrogens is 531 g/mol. The molecule has 2 aromatic heterocycles. The van der Waals surface area contributed by atoms with Crippen LogP contribution in [0.15, 0.2) is 60.7 Å². The molecule has 0 atom stereocenters. The van der Waals surface area contributed by atoms with E-state index in [9.17, 15) is 23.1 Å². The summed E-state index contributed by atoms with van der Waals surface area (Å²) in [6.45, 7) is 3.51. The maximum absolute atomic E-state index is 14.1. The smallest absolute Gasteiger partial charge is 0.434 e. The van der Waals surface area contributed by atoms with Gasteiger partial charge in [-0.2, -0.15) is 18.3 Å². The monoisotopic (exact) mass is 563 g/mol. The minimum absolute atomic E-state index is 0.0310. The molecule has 1 saturated carbocycles. The molecule has 214 valence electrons. The van der Waals surface area contributed by atoms with Gasteiger partial charge in [-0.25, -0.2) is 14.5 Å². The standard InChI is InChI=1S/C32H32F3N3O3/c1-4-26-29(31(39)40)30(32(33,34)35)38(37-26)28-7-5-6-27(36-28)25-18-19(2)8-17-24(25)22-11-9-20(10-12-22)21-13-15-23(41-3)16-14-21/h5-12,17-18,21,23H,4,13-16H2,1-3H3,(H,39,40)/t21-,23-. The number of nitrogens with zero attached hydrogens (tertiary/aromatic N) is 3. The lowest BCUT2D eigenvalue weighted by Gasteiger charge is -2.28. The summed E-state index contributed by atoms with van der Waals surface area (Å²) in [4.78, 5) is 16.4. The first-order valence-corrected chi connectivity index (χ1v) is 13.7. The van der Waals surface area contributed by atoms with Crippen molar-refractivity contribution in [3.63, 3.8) is 0 Å². The summed E-state index contributed by atoms with van der Waals surface area (Å²) in [7, 11) is 1.77. The van der Waals surface area contributed by atoms with Crippen molar-refractivity contribution in [2.45, 2.75) is 64.1 Å². The number of carbonyl (C=O) groups is 1. The van der Waals surface area contributed by atoms with Crippen molar-refractivity contribution in [1.29, 1.82) is 0 Å². The van der Waals surface area contributed by atoms with Crippen LogP contribution < -0.4 is 0 Å². The number of carboxylic acid groups (broad SMARTS) is 1. The number of aromatic carboxylic acids is 1. The quantitative estimate of drug-likeness (QED) is 0.248. The Morgan fingerprint density at radius 1 is 1.02 bits per heavy atom. The van der Waals surface area contributed by atoms with Crippen molar-refractivity contribution in [3.05, 3.63) is 88.7 Å². The number of aromatic nitrogens is 3. The van der Waals surface area contributed by atoms with E-state index in [1.54, 1.807) is 26.2 Å². The van der Waals surface area contributed by atoms with Crippen molar-refractivity contribution < 1.29 is 27.8 Å². The first-order valence-electron chi connectivity index (χ1n) is 13.7. The highest BCUT2D eigenvalue weighted by Crippen LogP contribution is 2.38. The molecule has 0 unspecified atom stereocenters. The second-order valence-electron chi connectivity index (χ2n) is 10.5. The zero-order valence-corrected chi connectivity index (χ0v) is 23.2. The van der Waals surface area contributed by atoms with Crippen LogP contribution in [0.1, 0.15) is 71.4 Å². The molecule has 5 rings (SSSR count). The van der Waals surface area contributed by atoms with Gasteiger partial charge in [-0.3, -0.25) is 0 Å². The number of aryl methyl sites for hydroxylation is 2. The predicted molar refractivity (Wildman–Crippen MR) is 150 cm³/mol. The van der Waals surface area contributed by atoms with Crippen LogP contribution in [0.3, 0.4) is 0 Å². The molecule has 0 radical (unpaired) electrons. The first kappa shape index (κ1) is 28.5. The molecule has 0 spiro atoms. The Kier molecular flexibility index (Phi) is 8.00. The van der Waals surface area contributed by atoms with Gasteiger partial charge in [0.1, 0.15) is 5.56 Å². The molecule has 1 N–H and O–H groups in total. The molecule has 9 heteroatoms. The Bertz CT molecular complexity index is 1550. The van der Waals surface area contributed by atoms with Crippen LogP contribution in [-0.2, 0) is 17.3 Å². The third-order valence-electron chi connectivity index (χ3n) is 7.88. The van der Waals surface area contributed by atoms with Crippen molar-refractivity contribution in [3.8, 4) is 28.2 Å². The van der Waals surface area contributed by atoms with Gasteiger partial charge < -0.3 is 9.84 Å². The second-order valence-corrected chi connectivity index (χ2v) is 10.5. The summed E-state index contributed by atoms with van der Waals surface area (Å²) in [6.07, 6.45) is -0.307. The maximum atomic E-state index is 14.1. The molecule has 1 fully saturated rings. The highest BCUT2D eigenvalue weighted by atomic mass is 19.4. The topological polar surface area (TPSA) is 77.2 Å². The third-order valence-corrected chi connectivity index (χ3v) is 7.88. The Morgan fingerprint density at radius 2 is 1.73 bits per heavy atom. The zero-order chi connectivity index (χ0) is 29.3. The average molecular weight is 564 g/mol. The summed E-state index contributed by atoms with van der Waals surface area (Å²) in [5, 5.41) is 13.6. The normalized spacial score (nSPS) is 17.5. The van der Waals surface area contributed by atoms with E-state index in [1.165, 1.54) is 11.6 Å². The van der Waals surface area contributed by atoms with Gasteiger partial charge in [-0.1, -0.05) is 55.0 Å². The number of hydrogen-bond donors (Lipinski definition) is 1. The molecule has 2 heterocycles. The summed E-state index contributed by atoms with van der Waals surface area (Å²) in [5.74, 6) is -1.29. The highest BCUT2D eigenvalue weighted by molar-refractivity contribution is 5.91. The second kappa shape index (κ2) is 11.5. The van der Waals surface area contributed by atoms with E-state index in [0.29, 0.717) is 22.4 Å². The lowest BCUT2D eigenvalue weighted by Crippen LogP contribution is -2.19. The van der Waals surface area contributed by atoms with Gasteiger partial charge in [0.15, 0.2) is 11.5 Å². The molecule has 2 aromatic carbocycles. The molecule has 1 aliphatic rings. The van der Waals surface area contributed by atoms with Crippen LogP contribution in [0.2, 0.25) is 0 Å². The Balaban J connectivity index is 1.54. The van der Waals surface area contributed by atoms with Crippen molar-refractivity contribution in [2.24, 2.45) is 0 Å². The summed E-state index contributed by atoms with van der Waals surface area (Å²) >= 11 is 0. The fourth-order valence-corrected chi connectivity index (χ4v) is 5.74. The van der Waals surface area contributed by atoms with E-state index < -0.39 is 23.4 Å². The van der Waals surface area contributed by atoms with Gasteiger partial charge in [-0.15, -0.1) is 0 Å². The molecule has 1 aliphatic carbocycles. The first-order chi connectivity index (χ1) is 19.6. The third kappa shape index (κ3) is 5.77. The minimum Gasteiger partial charge on any atom is -0.478 e. The van der Waals surface area contributed by atoms with E-state index in [4.69, 9.17) is 4.74 Å².